The summed E-state index contributed by atoms with van der Waals surface area (Å²) in [5.74, 6) is -2.23. The van der Waals surface area contributed by atoms with Crippen LogP contribution in [0.1, 0.15) is 26.7 Å². The Morgan fingerprint density at radius 3 is 2.72 bits per heavy atom. The Kier molecular flexibility index (Phi) is 7.99. The molecule has 0 bridgehead atoms. The van der Waals surface area contributed by atoms with Gasteiger partial charge in [0.05, 0.1) is 40.4 Å². The second-order valence-corrected chi connectivity index (χ2v) is 8.09. The second kappa shape index (κ2) is 10.9. The Balaban J connectivity index is 1.83. The Morgan fingerprint density at radius 1 is 1.19 bits per heavy atom. The fourth-order valence-corrected chi connectivity index (χ4v) is 3.97. The molecule has 0 aliphatic carbocycles. The normalized spacial score (nSPS) is 13.6. The summed E-state index contributed by atoms with van der Waals surface area (Å²) in [6.07, 6.45) is 2.13. The molecule has 1 amide bonds. The number of nitrogens with zero attached hydrogens (tertiary/aromatic N) is 1. The van der Waals surface area contributed by atoms with Gasteiger partial charge in [-0.25, -0.2) is 13.8 Å². The van der Waals surface area contributed by atoms with E-state index in [4.69, 9.17) is 4.74 Å². The van der Waals surface area contributed by atoms with Crippen LogP contribution in [0.2, 0.25) is 0 Å². The average Bonchev–Trinajstić information content (AvgIpc) is 2.92. The van der Waals surface area contributed by atoms with Crippen LogP contribution in [-0.4, -0.2) is 28.8 Å². The first-order chi connectivity index (χ1) is 15.4. The molecule has 0 saturated carbocycles. The largest absolute Gasteiger partial charge is 0.466 e. The predicted molar refractivity (Wildman–Crippen MR) is 123 cm³/mol. The summed E-state index contributed by atoms with van der Waals surface area (Å²) in [6, 6.07) is 10.2. The Morgan fingerprint density at radius 2 is 1.97 bits per heavy atom. The molecule has 168 valence electrons. The number of esters is 1. The monoisotopic (exact) mass is 459 g/mol. The van der Waals surface area contributed by atoms with E-state index in [9.17, 15) is 18.4 Å². The molecule has 2 N–H and O–H groups in total. The van der Waals surface area contributed by atoms with Crippen molar-refractivity contribution < 1.29 is 23.1 Å². The predicted octanol–water partition coefficient (Wildman–Crippen LogP) is 5.41. The number of para-hydroxylation sites is 2. The zero-order chi connectivity index (χ0) is 23.1. The van der Waals surface area contributed by atoms with Crippen molar-refractivity contribution in [1.29, 1.82) is 0 Å². The van der Waals surface area contributed by atoms with E-state index in [-0.39, 0.29) is 24.7 Å². The maximum atomic E-state index is 13.9. The first-order valence-electron chi connectivity index (χ1n) is 10.1. The van der Waals surface area contributed by atoms with Gasteiger partial charge < -0.3 is 15.4 Å². The van der Waals surface area contributed by atoms with Crippen molar-refractivity contribution in [3.8, 4) is 0 Å². The molecule has 1 atom stereocenters. The number of carbonyl (C=O) groups is 2. The number of thioether (sulfide) groups is 1. The lowest BCUT2D eigenvalue weighted by Gasteiger charge is -2.15. The summed E-state index contributed by atoms with van der Waals surface area (Å²) >= 11 is 1.18. The van der Waals surface area contributed by atoms with Crippen LogP contribution < -0.4 is 10.6 Å². The highest BCUT2D eigenvalue weighted by molar-refractivity contribution is 8.15. The van der Waals surface area contributed by atoms with Crippen LogP contribution in [0, 0.1) is 11.6 Å². The Hall–Kier alpha value is -3.20. The van der Waals surface area contributed by atoms with Gasteiger partial charge in [0.25, 0.3) is 0 Å². The highest BCUT2D eigenvalue weighted by Crippen LogP contribution is 2.32. The zero-order valence-corrected chi connectivity index (χ0v) is 18.5. The molecule has 6 nitrogen and oxygen atoms in total. The quantitative estimate of drug-likeness (QED) is 0.542. The molecule has 1 aliphatic heterocycles. The number of fused-ring (bicyclic) bond motifs is 1. The van der Waals surface area contributed by atoms with Crippen molar-refractivity contribution in [2.24, 2.45) is 4.99 Å². The molecule has 3 rings (SSSR count). The minimum Gasteiger partial charge on any atom is -0.466 e. The minimum atomic E-state index is -0.721. The van der Waals surface area contributed by atoms with Crippen molar-refractivity contribution in [2.75, 3.05) is 17.2 Å². The van der Waals surface area contributed by atoms with Gasteiger partial charge >= 0.3 is 5.97 Å². The van der Waals surface area contributed by atoms with Crippen LogP contribution in [0.3, 0.4) is 0 Å². The third-order valence-electron chi connectivity index (χ3n) is 4.48. The lowest BCUT2D eigenvalue weighted by molar-refractivity contribution is -0.142. The third-order valence-corrected chi connectivity index (χ3v) is 5.76. The molecule has 0 spiro atoms. The topological polar surface area (TPSA) is 79.8 Å². The Bertz CT molecular complexity index is 1070. The van der Waals surface area contributed by atoms with Gasteiger partial charge in [0.15, 0.2) is 0 Å². The van der Waals surface area contributed by atoms with Crippen LogP contribution in [-0.2, 0) is 14.3 Å². The fourth-order valence-electron chi connectivity index (χ4n) is 2.98. The summed E-state index contributed by atoms with van der Waals surface area (Å²) in [7, 11) is 0. The van der Waals surface area contributed by atoms with E-state index in [0.29, 0.717) is 22.8 Å². The number of aliphatic imine (C=N–C) groups is 1. The number of carbonyl (C=O) groups excluding carboxylic acids is 2. The molecule has 0 fully saturated rings. The number of nitrogens with one attached hydrogen (secondary N) is 2. The molecule has 2 aromatic carbocycles. The zero-order valence-electron chi connectivity index (χ0n) is 17.7. The van der Waals surface area contributed by atoms with Gasteiger partial charge in [-0.05, 0) is 43.7 Å². The van der Waals surface area contributed by atoms with Gasteiger partial charge in [0.1, 0.15) is 11.6 Å². The minimum absolute atomic E-state index is 0.0131. The maximum Gasteiger partial charge on any atom is 0.311 e. The molecule has 2 aromatic rings. The van der Waals surface area contributed by atoms with Crippen molar-refractivity contribution >= 4 is 45.7 Å². The van der Waals surface area contributed by atoms with Crippen molar-refractivity contribution in [1.82, 2.24) is 0 Å². The number of benzene rings is 2. The van der Waals surface area contributed by atoms with E-state index >= 15 is 0 Å². The molecule has 1 unspecified atom stereocenters. The van der Waals surface area contributed by atoms with Gasteiger partial charge in [-0.1, -0.05) is 30.8 Å². The number of amides is 1. The molecule has 0 saturated heterocycles. The smallest absolute Gasteiger partial charge is 0.311 e. The molecule has 1 heterocycles. The van der Waals surface area contributed by atoms with E-state index < -0.39 is 22.8 Å². The van der Waals surface area contributed by atoms with Crippen molar-refractivity contribution in [2.45, 2.75) is 31.9 Å². The molecule has 0 aromatic heterocycles. The van der Waals surface area contributed by atoms with E-state index in [2.05, 4.69) is 15.6 Å². The van der Waals surface area contributed by atoms with Crippen LogP contribution in [0.25, 0.3) is 0 Å². The van der Waals surface area contributed by atoms with Crippen LogP contribution in [0.4, 0.5) is 25.8 Å². The summed E-state index contributed by atoms with van der Waals surface area (Å²) < 4.78 is 32.4. The lowest BCUT2D eigenvalue weighted by Crippen LogP contribution is -2.26. The number of rotatable bonds is 7. The first kappa shape index (κ1) is 23.5. The van der Waals surface area contributed by atoms with E-state index in [0.717, 1.165) is 23.9 Å². The molecule has 1 aliphatic rings. The summed E-state index contributed by atoms with van der Waals surface area (Å²) in [5.41, 5.74) is 1.73. The molecule has 0 radical (unpaired) electrons. The second-order valence-electron chi connectivity index (χ2n) is 6.87. The third kappa shape index (κ3) is 6.16. The number of hydrogen-bond acceptors (Lipinski definition) is 6. The van der Waals surface area contributed by atoms with Gasteiger partial charge in [-0.15, -0.1) is 0 Å². The maximum absolute atomic E-state index is 13.9. The highest BCUT2D eigenvalue weighted by Gasteiger charge is 2.23. The average molecular weight is 460 g/mol. The van der Waals surface area contributed by atoms with Gasteiger partial charge in [-0.3, -0.25) is 9.59 Å². The molecule has 9 heteroatoms. The molecule has 32 heavy (non-hydrogen) atoms. The lowest BCUT2D eigenvalue weighted by atomic mass is 10.2. The van der Waals surface area contributed by atoms with Crippen LogP contribution >= 0.6 is 11.8 Å². The van der Waals surface area contributed by atoms with Gasteiger partial charge in [-0.2, -0.15) is 0 Å². The number of anilines is 2. The van der Waals surface area contributed by atoms with E-state index in [1.54, 1.807) is 13.0 Å². The van der Waals surface area contributed by atoms with Crippen LogP contribution in [0.5, 0.6) is 0 Å². The fraction of sp³-hybridized carbons (Fsp3) is 0.261. The summed E-state index contributed by atoms with van der Waals surface area (Å²) in [5, 5.41) is 5.52. The van der Waals surface area contributed by atoms with Crippen molar-refractivity contribution in [3.05, 3.63) is 65.9 Å². The van der Waals surface area contributed by atoms with Crippen LogP contribution in [0.15, 0.2) is 59.2 Å². The van der Waals surface area contributed by atoms with Crippen molar-refractivity contribution in [3.63, 3.8) is 0 Å². The summed E-state index contributed by atoms with van der Waals surface area (Å²) in [4.78, 5) is 29.4. The number of hydrogen-bond donors (Lipinski definition) is 2. The van der Waals surface area contributed by atoms with Gasteiger partial charge in [0.2, 0.25) is 5.91 Å². The highest BCUT2D eigenvalue weighted by atomic mass is 32.2. The number of halogens is 2. The number of ether oxygens (including phenoxy) is 1. The first-order valence-corrected chi connectivity index (χ1v) is 11.0. The molecular weight excluding hydrogens is 436 g/mol. The van der Waals surface area contributed by atoms with Gasteiger partial charge in [0, 0.05) is 11.8 Å². The Labute approximate surface area is 189 Å². The standard InChI is InChI=1S/C23H23F2N3O3S/c1-3-20(23(30)28-19-11-14(24)9-10-16(19)25)32-21-12-15(13-22(29)31-4-2)26-17-7-5-6-8-18(17)27-21/h5-12,20,26H,3-4,13H2,1-2H3,(H,28,30). The SMILES string of the molecule is CCOC(=O)CC1=CC(SC(CC)C(=O)Nc2cc(F)ccc2F)=Nc2ccccc2N1. The van der Waals surface area contributed by atoms with E-state index in [1.807, 2.05) is 31.2 Å². The van der Waals surface area contributed by atoms with E-state index in [1.165, 1.54) is 11.8 Å². The molecular formula is C23H23F2N3O3S. The summed E-state index contributed by atoms with van der Waals surface area (Å²) in [6.45, 7) is 3.82.